The lowest BCUT2D eigenvalue weighted by atomic mass is 9.74. The van der Waals surface area contributed by atoms with Gasteiger partial charge in [-0.15, -0.1) is 11.8 Å². The van der Waals surface area contributed by atoms with Crippen molar-refractivity contribution in [3.8, 4) is 0 Å². The fourth-order valence-electron chi connectivity index (χ4n) is 6.49. The van der Waals surface area contributed by atoms with Crippen LogP contribution in [0.1, 0.15) is 45.4 Å². The van der Waals surface area contributed by atoms with Gasteiger partial charge in [0.05, 0.1) is 33.9 Å². The van der Waals surface area contributed by atoms with Crippen molar-refractivity contribution in [3.05, 3.63) is 53.6 Å². The second kappa shape index (κ2) is 11.1. The lowest BCUT2D eigenvalue weighted by Gasteiger charge is -2.37. The Morgan fingerprint density at radius 1 is 1.05 bits per heavy atom. The fraction of sp³-hybridized carbons (Fsp3) is 0.552. The van der Waals surface area contributed by atoms with Crippen molar-refractivity contribution in [2.75, 3.05) is 31.2 Å². The molecule has 2 saturated heterocycles. The first-order chi connectivity index (χ1) is 18.3. The van der Waals surface area contributed by atoms with E-state index >= 15 is 0 Å². The molecule has 38 heavy (non-hydrogen) atoms. The van der Waals surface area contributed by atoms with Crippen LogP contribution in [0.5, 0.6) is 0 Å². The number of carbonyl (C=O) groups is 3. The molecule has 4 heterocycles. The van der Waals surface area contributed by atoms with Crippen LogP contribution in [-0.2, 0) is 19.1 Å². The third-order valence-corrected chi connectivity index (χ3v) is 10.3. The molecule has 4 aliphatic rings. The first kappa shape index (κ1) is 27.3. The number of carbonyl (C=O) groups excluding carboxylic acids is 3. The smallest absolute Gasteiger partial charge is 0.311 e. The first-order valence-corrected chi connectivity index (χ1v) is 14.7. The van der Waals surface area contributed by atoms with Crippen LogP contribution in [-0.4, -0.2) is 69.6 Å². The van der Waals surface area contributed by atoms with Crippen LogP contribution in [0.3, 0.4) is 0 Å². The number of ether oxygens (including phenoxy) is 1. The van der Waals surface area contributed by atoms with Crippen LogP contribution in [0.15, 0.2) is 48.6 Å². The fourth-order valence-corrected chi connectivity index (χ4v) is 8.89. The number of para-hydroxylation sites is 1. The molecule has 1 N–H and O–H groups in total. The van der Waals surface area contributed by atoms with Crippen molar-refractivity contribution in [2.45, 2.75) is 61.0 Å². The molecule has 1 aromatic carbocycles. The lowest BCUT2D eigenvalue weighted by Crippen LogP contribution is -2.53. The number of unbranched alkanes of at least 4 members (excludes halogenated alkanes) is 2. The number of esters is 1. The zero-order valence-corrected chi connectivity index (χ0v) is 23.3. The van der Waals surface area contributed by atoms with E-state index in [0.717, 1.165) is 25.7 Å². The molecule has 0 aliphatic carbocycles. The highest BCUT2D eigenvalue weighted by Gasteiger charge is 2.73. The predicted molar refractivity (Wildman–Crippen MR) is 149 cm³/mol. The molecule has 9 heteroatoms. The monoisotopic (exact) mass is 558 g/mol. The maximum absolute atomic E-state index is 14.4. The maximum Gasteiger partial charge on any atom is 0.311 e. The van der Waals surface area contributed by atoms with Gasteiger partial charge in [-0.3, -0.25) is 14.4 Å². The highest BCUT2D eigenvalue weighted by atomic mass is 35.5. The molecule has 0 saturated carbocycles. The van der Waals surface area contributed by atoms with Crippen LogP contribution in [0.4, 0.5) is 5.69 Å². The molecule has 0 radical (unpaired) electrons. The van der Waals surface area contributed by atoms with E-state index in [1.54, 1.807) is 27.6 Å². The van der Waals surface area contributed by atoms with E-state index in [9.17, 15) is 19.5 Å². The molecule has 5 atom stereocenters. The second-order valence-electron chi connectivity index (χ2n) is 10.7. The minimum absolute atomic E-state index is 0.0837. The van der Waals surface area contributed by atoms with Gasteiger partial charge in [-0.1, -0.05) is 48.0 Å². The van der Waals surface area contributed by atoms with Crippen LogP contribution < -0.4 is 4.90 Å². The number of allylic oxidation sites excluding steroid dienone is 1. The quantitative estimate of drug-likeness (QED) is 0.317. The molecule has 204 valence electrons. The van der Waals surface area contributed by atoms with Crippen molar-refractivity contribution < 1.29 is 24.2 Å². The summed E-state index contributed by atoms with van der Waals surface area (Å²) in [4.78, 5) is 45.6. The zero-order valence-electron chi connectivity index (χ0n) is 21.7. The first-order valence-electron chi connectivity index (χ1n) is 13.5. The highest BCUT2D eigenvalue weighted by Crippen LogP contribution is 2.65. The van der Waals surface area contributed by atoms with Crippen molar-refractivity contribution in [3.63, 3.8) is 0 Å². The molecule has 4 aliphatic heterocycles. The second-order valence-corrected chi connectivity index (χ2v) is 12.9. The zero-order chi connectivity index (χ0) is 26.9. The molecule has 7 nitrogen and oxygen atoms in total. The number of halogens is 1. The van der Waals surface area contributed by atoms with Crippen LogP contribution in [0.25, 0.3) is 0 Å². The third kappa shape index (κ3) is 4.58. The highest BCUT2D eigenvalue weighted by molar-refractivity contribution is 8.02. The number of cyclic esters (lactones) is 1. The average molecular weight is 559 g/mol. The number of rotatable bonds is 6. The number of anilines is 1. The Hall–Kier alpha value is -2.29. The van der Waals surface area contributed by atoms with Gasteiger partial charge in [0.1, 0.15) is 6.04 Å². The SMILES string of the molecule is C[C@@]12/C=C\CCCCOC(=O)[C@@H]1[C@H]1C(=O)N(CCCCCO)C3C(=O)N(c4ccccc4Cl)CC=C[C@@]31S2. The Morgan fingerprint density at radius 3 is 2.66 bits per heavy atom. The van der Waals surface area contributed by atoms with Crippen molar-refractivity contribution >= 4 is 46.8 Å². The normalized spacial score (nSPS) is 33.9. The Morgan fingerprint density at radius 2 is 1.87 bits per heavy atom. The third-order valence-electron chi connectivity index (χ3n) is 8.20. The van der Waals surface area contributed by atoms with E-state index in [4.69, 9.17) is 16.3 Å². The van der Waals surface area contributed by atoms with Crippen LogP contribution >= 0.6 is 23.4 Å². The summed E-state index contributed by atoms with van der Waals surface area (Å²) in [5.74, 6) is -2.16. The number of benzene rings is 1. The molecular weight excluding hydrogens is 524 g/mol. The summed E-state index contributed by atoms with van der Waals surface area (Å²) in [5, 5.41) is 9.71. The minimum Gasteiger partial charge on any atom is -0.465 e. The van der Waals surface area contributed by atoms with Crippen LogP contribution in [0.2, 0.25) is 5.02 Å². The van der Waals surface area contributed by atoms with Gasteiger partial charge in [0, 0.05) is 24.4 Å². The van der Waals surface area contributed by atoms with Crippen molar-refractivity contribution in [1.29, 1.82) is 0 Å². The number of aliphatic hydroxyl groups excluding tert-OH is 1. The molecule has 2 fully saturated rings. The van der Waals surface area contributed by atoms with Gasteiger partial charge in [-0.05, 0) is 57.6 Å². The van der Waals surface area contributed by atoms with E-state index in [2.05, 4.69) is 12.2 Å². The van der Waals surface area contributed by atoms with Gasteiger partial charge >= 0.3 is 5.97 Å². The largest absolute Gasteiger partial charge is 0.465 e. The lowest BCUT2D eigenvalue weighted by molar-refractivity contribution is -0.154. The average Bonchev–Trinajstić information content (AvgIpc) is 3.22. The summed E-state index contributed by atoms with van der Waals surface area (Å²) in [5.41, 5.74) is 0.601. The van der Waals surface area contributed by atoms with Gasteiger partial charge in [0.15, 0.2) is 0 Å². The van der Waals surface area contributed by atoms with E-state index in [1.165, 1.54) is 0 Å². The number of hydrogen-bond acceptors (Lipinski definition) is 6. The number of thioether (sulfide) groups is 1. The summed E-state index contributed by atoms with van der Waals surface area (Å²) >= 11 is 8.08. The summed E-state index contributed by atoms with van der Waals surface area (Å²) < 4.78 is 4.11. The molecule has 2 amide bonds. The molecule has 1 spiro atoms. The molecule has 1 aromatic rings. The Kier molecular flexibility index (Phi) is 7.94. The number of nitrogens with zero attached hydrogens (tertiary/aromatic N) is 2. The van der Waals surface area contributed by atoms with Gasteiger partial charge < -0.3 is 19.6 Å². The molecule has 5 rings (SSSR count). The van der Waals surface area contributed by atoms with E-state index in [0.29, 0.717) is 43.2 Å². The Balaban J connectivity index is 1.61. The molecule has 0 bridgehead atoms. The standard InChI is InChI=1S/C29H35ClN2O5S/c1-28-14-7-2-3-10-19-37-27(36)23(28)22-25(34)32(16-8-4-9-18-33)24-26(35)31(17-11-15-29(22,24)38-28)21-13-6-5-12-20(21)30/h5-7,11-15,22-24,33H,2-4,8-10,16-19H2,1H3/b14-7-/t22-,23-,24?,28+,29-/m0/s1. The summed E-state index contributed by atoms with van der Waals surface area (Å²) in [6.45, 7) is 3.12. The molecule has 1 unspecified atom stereocenters. The molecule has 0 aromatic heterocycles. The predicted octanol–water partition coefficient (Wildman–Crippen LogP) is 4.38. The Labute approximate surface area is 233 Å². The maximum atomic E-state index is 14.4. The van der Waals surface area contributed by atoms with Gasteiger partial charge in [0.25, 0.3) is 5.91 Å². The number of aliphatic hydroxyl groups is 1. The number of amides is 2. The van der Waals surface area contributed by atoms with E-state index < -0.39 is 27.4 Å². The topological polar surface area (TPSA) is 87.1 Å². The number of hydrogen-bond donors (Lipinski definition) is 1. The van der Waals surface area contributed by atoms with Gasteiger partial charge in [0.2, 0.25) is 5.91 Å². The minimum atomic E-state index is -0.919. The van der Waals surface area contributed by atoms with Gasteiger partial charge in [-0.25, -0.2) is 0 Å². The summed E-state index contributed by atoms with van der Waals surface area (Å²) in [6, 6.07) is 6.44. The van der Waals surface area contributed by atoms with Crippen LogP contribution in [0, 0.1) is 11.8 Å². The Bertz CT molecular complexity index is 1160. The van der Waals surface area contributed by atoms with E-state index in [1.807, 2.05) is 37.3 Å². The van der Waals surface area contributed by atoms with Crippen molar-refractivity contribution in [1.82, 2.24) is 4.90 Å². The number of likely N-dealkylation sites (tertiary alicyclic amines) is 1. The molecular formula is C29H35ClN2O5S. The van der Waals surface area contributed by atoms with E-state index in [-0.39, 0.29) is 24.4 Å². The summed E-state index contributed by atoms with van der Waals surface area (Å²) in [7, 11) is 0. The number of fused-ring (bicyclic) bond motifs is 2. The summed E-state index contributed by atoms with van der Waals surface area (Å²) in [6.07, 6.45) is 12.7. The van der Waals surface area contributed by atoms with Crippen molar-refractivity contribution in [2.24, 2.45) is 11.8 Å². The van der Waals surface area contributed by atoms with Gasteiger partial charge in [-0.2, -0.15) is 0 Å².